The fourth-order valence-electron chi connectivity index (χ4n) is 1.90. The van der Waals surface area contributed by atoms with Crippen LogP contribution in [0.25, 0.3) is 0 Å². The molecule has 0 spiro atoms. The molecular formula is C15H21NO5. The first-order valence-corrected chi connectivity index (χ1v) is 6.61. The van der Waals surface area contributed by atoms with Crippen molar-refractivity contribution in [1.82, 2.24) is 5.32 Å². The quantitative estimate of drug-likeness (QED) is 0.704. The predicted octanol–water partition coefficient (Wildman–Crippen LogP) is 1.19. The molecule has 0 fully saturated rings. The summed E-state index contributed by atoms with van der Waals surface area (Å²) in [5, 5.41) is 11.2. The van der Waals surface area contributed by atoms with Gasteiger partial charge in [0.15, 0.2) is 0 Å². The average Bonchev–Trinajstić information content (AvgIpc) is 2.46. The summed E-state index contributed by atoms with van der Waals surface area (Å²) < 4.78 is 10.2. The second-order valence-electron chi connectivity index (χ2n) is 5.03. The molecule has 6 heteroatoms. The number of para-hydroxylation sites is 1. The summed E-state index contributed by atoms with van der Waals surface area (Å²) >= 11 is 0. The summed E-state index contributed by atoms with van der Waals surface area (Å²) in [6, 6.07) is 7.35. The zero-order chi connectivity index (χ0) is 15.9. The number of benzene rings is 1. The lowest BCUT2D eigenvalue weighted by molar-refractivity contribution is -0.142. The van der Waals surface area contributed by atoms with Crippen molar-refractivity contribution >= 4 is 11.9 Å². The van der Waals surface area contributed by atoms with Gasteiger partial charge in [0.05, 0.1) is 19.1 Å². The molecule has 0 saturated heterocycles. The maximum atomic E-state index is 12.3. The highest BCUT2D eigenvalue weighted by Crippen LogP contribution is 2.31. The smallest absolute Gasteiger partial charge is 0.329 e. The third-order valence-electron chi connectivity index (χ3n) is 3.11. The minimum atomic E-state index is -1.03. The van der Waals surface area contributed by atoms with E-state index in [2.05, 4.69) is 5.32 Å². The minimum Gasteiger partial charge on any atom is -0.496 e. The van der Waals surface area contributed by atoms with Crippen molar-refractivity contribution < 1.29 is 24.2 Å². The van der Waals surface area contributed by atoms with Crippen LogP contribution >= 0.6 is 0 Å². The molecule has 1 aromatic carbocycles. The number of carboxylic acids is 1. The molecule has 6 nitrogen and oxygen atoms in total. The van der Waals surface area contributed by atoms with Crippen LogP contribution in [0.15, 0.2) is 24.3 Å². The van der Waals surface area contributed by atoms with E-state index in [1.807, 2.05) is 18.2 Å². The fourth-order valence-corrected chi connectivity index (χ4v) is 1.90. The van der Waals surface area contributed by atoms with Crippen molar-refractivity contribution in [2.75, 3.05) is 26.9 Å². The number of aliphatic carboxylic acids is 1. The zero-order valence-corrected chi connectivity index (χ0v) is 12.5. The molecule has 1 rings (SSSR count). The van der Waals surface area contributed by atoms with E-state index in [0.717, 1.165) is 5.56 Å². The molecule has 2 N–H and O–H groups in total. The van der Waals surface area contributed by atoms with Gasteiger partial charge in [-0.2, -0.15) is 0 Å². The highest BCUT2D eigenvalue weighted by atomic mass is 16.5. The standard InChI is InChI=1S/C15H21NO5/c1-15(2,11-6-4-5-7-12(11)20-3)14(19)16-8-9-21-10-13(17)18/h4-7H,8-10H2,1-3H3,(H,16,19)(H,17,18). The van der Waals surface area contributed by atoms with Crippen LogP contribution in [0.1, 0.15) is 19.4 Å². The van der Waals surface area contributed by atoms with E-state index < -0.39 is 11.4 Å². The van der Waals surface area contributed by atoms with Crippen LogP contribution in [0.5, 0.6) is 5.75 Å². The molecule has 0 aliphatic heterocycles. The Morgan fingerprint density at radius 2 is 1.95 bits per heavy atom. The molecule has 0 unspecified atom stereocenters. The molecule has 0 atom stereocenters. The van der Waals surface area contributed by atoms with Crippen LogP contribution in [0.2, 0.25) is 0 Å². The third-order valence-corrected chi connectivity index (χ3v) is 3.11. The third kappa shape index (κ3) is 4.75. The van der Waals surface area contributed by atoms with Gasteiger partial charge in [-0.05, 0) is 19.9 Å². The Morgan fingerprint density at radius 3 is 2.57 bits per heavy atom. The predicted molar refractivity (Wildman–Crippen MR) is 77.5 cm³/mol. The highest BCUT2D eigenvalue weighted by molar-refractivity contribution is 5.88. The number of carbonyl (C=O) groups excluding carboxylic acids is 1. The van der Waals surface area contributed by atoms with Crippen LogP contribution in [-0.4, -0.2) is 43.9 Å². The van der Waals surface area contributed by atoms with E-state index in [1.165, 1.54) is 0 Å². The van der Waals surface area contributed by atoms with Gasteiger partial charge in [0.2, 0.25) is 5.91 Å². The van der Waals surface area contributed by atoms with Crippen molar-refractivity contribution in [3.8, 4) is 5.75 Å². The Labute approximate surface area is 124 Å². The number of carbonyl (C=O) groups is 2. The van der Waals surface area contributed by atoms with E-state index in [1.54, 1.807) is 27.0 Å². The van der Waals surface area contributed by atoms with E-state index in [-0.39, 0.29) is 25.7 Å². The van der Waals surface area contributed by atoms with Gasteiger partial charge in [-0.25, -0.2) is 4.79 Å². The van der Waals surface area contributed by atoms with Crippen LogP contribution in [0.3, 0.4) is 0 Å². The molecule has 0 aromatic heterocycles. The van der Waals surface area contributed by atoms with Crippen molar-refractivity contribution in [3.05, 3.63) is 29.8 Å². The summed E-state index contributed by atoms with van der Waals surface area (Å²) in [6.45, 7) is 3.65. The second kappa shape index (κ2) is 7.64. The van der Waals surface area contributed by atoms with Gasteiger partial charge in [-0.15, -0.1) is 0 Å². The topological polar surface area (TPSA) is 84.9 Å². The van der Waals surface area contributed by atoms with Crippen LogP contribution in [0, 0.1) is 0 Å². The molecular weight excluding hydrogens is 274 g/mol. The first-order chi connectivity index (χ1) is 9.89. The van der Waals surface area contributed by atoms with Gasteiger partial charge in [-0.1, -0.05) is 18.2 Å². The second-order valence-corrected chi connectivity index (χ2v) is 5.03. The maximum absolute atomic E-state index is 12.3. The molecule has 116 valence electrons. The lowest BCUT2D eigenvalue weighted by Gasteiger charge is -2.26. The number of carboxylic acid groups (broad SMARTS) is 1. The molecule has 0 radical (unpaired) electrons. The van der Waals surface area contributed by atoms with E-state index >= 15 is 0 Å². The fraction of sp³-hybridized carbons (Fsp3) is 0.467. The van der Waals surface area contributed by atoms with Gasteiger partial charge in [0.25, 0.3) is 0 Å². The number of amides is 1. The summed E-state index contributed by atoms with van der Waals surface area (Å²) in [6.07, 6.45) is 0. The van der Waals surface area contributed by atoms with Crippen LogP contribution in [-0.2, 0) is 19.7 Å². The number of ether oxygens (including phenoxy) is 2. The number of nitrogens with one attached hydrogen (secondary N) is 1. The SMILES string of the molecule is COc1ccccc1C(C)(C)C(=O)NCCOCC(=O)O. The Balaban J connectivity index is 2.61. The van der Waals surface area contributed by atoms with Gasteiger partial charge < -0.3 is 19.9 Å². The zero-order valence-electron chi connectivity index (χ0n) is 12.5. The minimum absolute atomic E-state index is 0.153. The Kier molecular flexibility index (Phi) is 6.17. The first kappa shape index (κ1) is 17.0. The first-order valence-electron chi connectivity index (χ1n) is 6.61. The van der Waals surface area contributed by atoms with E-state index in [0.29, 0.717) is 5.75 Å². The number of methoxy groups -OCH3 is 1. The molecule has 1 amide bonds. The Morgan fingerprint density at radius 1 is 1.29 bits per heavy atom. The van der Waals surface area contributed by atoms with Crippen molar-refractivity contribution in [2.45, 2.75) is 19.3 Å². The molecule has 0 aliphatic rings. The normalized spacial score (nSPS) is 11.0. The Bertz CT molecular complexity index is 499. The van der Waals surface area contributed by atoms with Crippen molar-refractivity contribution in [1.29, 1.82) is 0 Å². The van der Waals surface area contributed by atoms with Crippen LogP contribution in [0.4, 0.5) is 0 Å². The average molecular weight is 295 g/mol. The van der Waals surface area contributed by atoms with E-state index in [9.17, 15) is 9.59 Å². The maximum Gasteiger partial charge on any atom is 0.329 e. The number of hydrogen-bond acceptors (Lipinski definition) is 4. The lowest BCUT2D eigenvalue weighted by Crippen LogP contribution is -2.41. The number of hydrogen-bond donors (Lipinski definition) is 2. The van der Waals surface area contributed by atoms with Crippen LogP contribution < -0.4 is 10.1 Å². The summed E-state index contributed by atoms with van der Waals surface area (Å²) in [7, 11) is 1.56. The Hall–Kier alpha value is -2.08. The number of rotatable bonds is 8. The van der Waals surface area contributed by atoms with Gasteiger partial charge in [0.1, 0.15) is 12.4 Å². The van der Waals surface area contributed by atoms with Crippen molar-refractivity contribution in [3.63, 3.8) is 0 Å². The molecule has 0 aliphatic carbocycles. The molecule has 1 aromatic rings. The monoisotopic (exact) mass is 295 g/mol. The van der Waals surface area contributed by atoms with Gasteiger partial charge in [0, 0.05) is 12.1 Å². The highest BCUT2D eigenvalue weighted by Gasteiger charge is 2.32. The summed E-state index contributed by atoms with van der Waals surface area (Å²) in [5.41, 5.74) is 0.0239. The lowest BCUT2D eigenvalue weighted by atomic mass is 9.83. The largest absolute Gasteiger partial charge is 0.496 e. The van der Waals surface area contributed by atoms with E-state index in [4.69, 9.17) is 14.6 Å². The molecule has 0 saturated carbocycles. The van der Waals surface area contributed by atoms with Gasteiger partial charge >= 0.3 is 5.97 Å². The van der Waals surface area contributed by atoms with Crippen molar-refractivity contribution in [2.24, 2.45) is 0 Å². The summed E-state index contributed by atoms with van der Waals surface area (Å²) in [4.78, 5) is 22.6. The summed E-state index contributed by atoms with van der Waals surface area (Å²) in [5.74, 6) is -0.554. The molecule has 0 heterocycles. The molecule has 0 bridgehead atoms. The molecule has 21 heavy (non-hydrogen) atoms. The van der Waals surface area contributed by atoms with Gasteiger partial charge in [-0.3, -0.25) is 4.79 Å².